The molecule has 1 aromatic rings. The summed E-state index contributed by atoms with van der Waals surface area (Å²) in [5.74, 6) is 0.116. The number of benzene rings is 1. The third-order valence-electron chi connectivity index (χ3n) is 5.40. The summed E-state index contributed by atoms with van der Waals surface area (Å²) in [6, 6.07) is 6.73. The Hall–Kier alpha value is -0.970. The molecule has 0 amide bonds. The lowest BCUT2D eigenvalue weighted by Crippen LogP contribution is -2.52. The van der Waals surface area contributed by atoms with E-state index in [1.807, 2.05) is 6.07 Å². The topological polar surface area (TPSA) is 27.7 Å². The normalized spacial score (nSPS) is 37.2. The highest BCUT2D eigenvalue weighted by Crippen LogP contribution is 2.56. The fraction of sp³-hybridized carbons (Fsp3) is 0.667. The lowest BCUT2D eigenvalue weighted by molar-refractivity contribution is -0.110. The van der Waals surface area contributed by atoms with E-state index in [0.717, 1.165) is 12.8 Å². The molecule has 4 heteroatoms. The van der Waals surface area contributed by atoms with Crippen molar-refractivity contribution in [3.63, 3.8) is 0 Å². The van der Waals surface area contributed by atoms with Crippen molar-refractivity contribution in [3.8, 4) is 0 Å². The molecule has 4 atom stereocenters. The summed E-state index contributed by atoms with van der Waals surface area (Å²) in [6.07, 6.45) is 1.65. The van der Waals surface area contributed by atoms with Crippen LogP contribution in [0, 0.1) is 11.7 Å². The molecule has 0 N–H and O–H groups in total. The van der Waals surface area contributed by atoms with Crippen molar-refractivity contribution >= 4 is 0 Å². The zero-order valence-corrected chi connectivity index (χ0v) is 13.8. The average Bonchev–Trinajstić information content (AvgIpc) is 2.96. The summed E-state index contributed by atoms with van der Waals surface area (Å²) in [4.78, 5) is 0. The van der Waals surface area contributed by atoms with Gasteiger partial charge in [0.25, 0.3) is 0 Å². The first-order valence-electron chi connectivity index (χ1n) is 8.01. The van der Waals surface area contributed by atoms with E-state index in [9.17, 15) is 4.39 Å². The third-order valence-corrected chi connectivity index (χ3v) is 5.40. The highest BCUT2D eigenvalue weighted by molar-refractivity contribution is 5.19. The first-order chi connectivity index (χ1) is 10.4. The van der Waals surface area contributed by atoms with E-state index in [4.69, 9.17) is 14.2 Å². The van der Waals surface area contributed by atoms with Crippen LogP contribution in [0.25, 0.3) is 0 Å². The smallest absolute Gasteiger partial charge is 0.128 e. The second kappa shape index (κ2) is 5.59. The van der Waals surface area contributed by atoms with Gasteiger partial charge in [0, 0.05) is 12.7 Å². The summed E-state index contributed by atoms with van der Waals surface area (Å²) < 4.78 is 32.0. The molecule has 1 aromatic carbocycles. The van der Waals surface area contributed by atoms with Crippen molar-refractivity contribution in [1.29, 1.82) is 0 Å². The van der Waals surface area contributed by atoms with Gasteiger partial charge in [0.1, 0.15) is 23.6 Å². The van der Waals surface area contributed by atoms with Gasteiger partial charge in [0.2, 0.25) is 0 Å². The maximum absolute atomic E-state index is 13.8. The molecule has 3 nitrogen and oxygen atoms in total. The summed E-state index contributed by atoms with van der Waals surface area (Å²) in [5.41, 5.74) is -0.0677. The number of hydrogen-bond acceptors (Lipinski definition) is 3. The van der Waals surface area contributed by atoms with Crippen molar-refractivity contribution in [3.05, 3.63) is 35.6 Å². The van der Waals surface area contributed by atoms with Crippen LogP contribution in [0.15, 0.2) is 24.3 Å². The lowest BCUT2D eigenvalue weighted by Gasteiger charge is -2.39. The Morgan fingerprint density at radius 3 is 2.64 bits per heavy atom. The number of halogens is 1. The van der Waals surface area contributed by atoms with Gasteiger partial charge in [-0.1, -0.05) is 32.0 Å². The van der Waals surface area contributed by atoms with Gasteiger partial charge in [0.05, 0.1) is 12.2 Å². The van der Waals surface area contributed by atoms with Crippen molar-refractivity contribution in [2.24, 2.45) is 5.92 Å². The zero-order chi connectivity index (χ0) is 16.0. The van der Waals surface area contributed by atoms with Crippen molar-refractivity contribution in [2.45, 2.75) is 63.6 Å². The predicted molar refractivity (Wildman–Crippen MR) is 82.1 cm³/mol. The molecule has 22 heavy (non-hydrogen) atoms. The Kier molecular flexibility index (Phi) is 4.04. The summed E-state index contributed by atoms with van der Waals surface area (Å²) >= 11 is 0. The van der Waals surface area contributed by atoms with Gasteiger partial charge in [-0.25, -0.2) is 4.39 Å². The average molecular weight is 308 g/mol. The van der Waals surface area contributed by atoms with Crippen molar-refractivity contribution in [2.75, 3.05) is 7.11 Å². The van der Waals surface area contributed by atoms with Gasteiger partial charge in [-0.05, 0) is 31.7 Å². The maximum atomic E-state index is 13.8. The standard InChI is InChI=1S/C18H25FO3/c1-12(2)18-10-9-17(3,22-18)15(16(18)20-4)21-11-13-7-5-6-8-14(13)19/h5-8,12,15-16H,9-11H2,1-4H3/t15-,16-,17+,18+/m1/s1. The van der Waals surface area contributed by atoms with E-state index < -0.39 is 0 Å². The van der Waals surface area contributed by atoms with Gasteiger partial charge in [-0.3, -0.25) is 0 Å². The van der Waals surface area contributed by atoms with Crippen LogP contribution in [0.5, 0.6) is 0 Å². The van der Waals surface area contributed by atoms with Gasteiger partial charge in [-0.2, -0.15) is 0 Å². The Bertz CT molecular complexity index is 547. The number of ether oxygens (including phenoxy) is 3. The molecule has 0 unspecified atom stereocenters. The molecular formula is C18H25FO3. The van der Waals surface area contributed by atoms with Crippen LogP contribution in [0.1, 0.15) is 39.2 Å². The predicted octanol–water partition coefficient (Wildman–Crippen LogP) is 3.70. The van der Waals surface area contributed by atoms with Crippen LogP contribution in [0.2, 0.25) is 0 Å². The highest BCUT2D eigenvalue weighted by Gasteiger charge is 2.67. The Balaban J connectivity index is 1.80. The molecule has 0 aromatic heterocycles. The van der Waals surface area contributed by atoms with Crippen molar-refractivity contribution < 1.29 is 18.6 Å². The van der Waals surface area contributed by atoms with E-state index in [1.165, 1.54) is 6.07 Å². The van der Waals surface area contributed by atoms with Crippen LogP contribution in [0.4, 0.5) is 4.39 Å². The quantitative estimate of drug-likeness (QED) is 0.830. The first kappa shape index (κ1) is 15.9. The molecule has 2 aliphatic heterocycles. The van der Waals surface area contributed by atoms with Crippen molar-refractivity contribution in [1.82, 2.24) is 0 Å². The van der Waals surface area contributed by atoms with E-state index in [0.29, 0.717) is 11.5 Å². The third kappa shape index (κ3) is 2.29. The van der Waals surface area contributed by atoms with Crippen LogP contribution in [-0.2, 0) is 20.8 Å². The number of methoxy groups -OCH3 is 1. The number of fused-ring (bicyclic) bond motifs is 2. The molecule has 2 saturated heterocycles. The fourth-order valence-corrected chi connectivity index (χ4v) is 4.07. The monoisotopic (exact) mass is 308 g/mol. The largest absolute Gasteiger partial charge is 0.376 e. The Morgan fingerprint density at radius 2 is 2.00 bits per heavy atom. The number of rotatable bonds is 5. The molecule has 3 rings (SSSR count). The van der Waals surface area contributed by atoms with Crippen LogP contribution in [-0.4, -0.2) is 30.5 Å². The van der Waals surface area contributed by atoms with E-state index >= 15 is 0 Å². The van der Waals surface area contributed by atoms with Crippen LogP contribution in [0.3, 0.4) is 0 Å². The molecule has 2 heterocycles. The zero-order valence-electron chi connectivity index (χ0n) is 13.8. The Labute approximate surface area is 131 Å². The molecule has 2 fully saturated rings. The molecule has 2 bridgehead atoms. The van der Waals surface area contributed by atoms with Crippen LogP contribution < -0.4 is 0 Å². The Morgan fingerprint density at radius 1 is 1.27 bits per heavy atom. The second-order valence-corrected chi connectivity index (χ2v) is 7.00. The molecule has 0 saturated carbocycles. The van der Waals surface area contributed by atoms with Gasteiger partial charge >= 0.3 is 0 Å². The van der Waals surface area contributed by atoms with E-state index in [2.05, 4.69) is 20.8 Å². The van der Waals surface area contributed by atoms with Gasteiger partial charge in [0.15, 0.2) is 0 Å². The van der Waals surface area contributed by atoms with Gasteiger partial charge < -0.3 is 14.2 Å². The molecule has 0 spiro atoms. The molecular weight excluding hydrogens is 283 g/mol. The molecule has 122 valence electrons. The van der Waals surface area contributed by atoms with Gasteiger partial charge in [-0.15, -0.1) is 0 Å². The SMILES string of the molecule is CO[C@@H]1[C@@H](OCc2ccccc2F)[C@]2(C)CC[C@@]1(C(C)C)O2. The maximum Gasteiger partial charge on any atom is 0.128 e. The van der Waals surface area contributed by atoms with E-state index in [1.54, 1.807) is 19.2 Å². The minimum atomic E-state index is -0.351. The molecule has 0 aliphatic carbocycles. The van der Waals surface area contributed by atoms with E-state index in [-0.39, 0.29) is 35.8 Å². The first-order valence-corrected chi connectivity index (χ1v) is 8.01. The van der Waals surface area contributed by atoms with Crippen LogP contribution >= 0.6 is 0 Å². The minimum absolute atomic E-state index is 0.113. The molecule has 0 radical (unpaired) electrons. The minimum Gasteiger partial charge on any atom is -0.376 e. The highest BCUT2D eigenvalue weighted by atomic mass is 19.1. The second-order valence-electron chi connectivity index (χ2n) is 7.00. The molecule has 2 aliphatic rings. The number of hydrogen-bond donors (Lipinski definition) is 0. The fourth-order valence-electron chi connectivity index (χ4n) is 4.07. The summed E-state index contributed by atoms with van der Waals surface area (Å²) in [7, 11) is 1.71. The summed E-state index contributed by atoms with van der Waals surface area (Å²) in [6.45, 7) is 6.65. The lowest BCUT2D eigenvalue weighted by atomic mass is 9.73. The summed E-state index contributed by atoms with van der Waals surface area (Å²) in [5, 5.41) is 0.